The zero-order chi connectivity index (χ0) is 19.2. The van der Waals surface area contributed by atoms with Crippen molar-refractivity contribution in [1.82, 2.24) is 14.8 Å². The largest absolute Gasteiger partial charge is 0.417 e. The highest BCUT2D eigenvalue weighted by atomic mass is 35.5. The van der Waals surface area contributed by atoms with Crippen LogP contribution in [-0.2, 0) is 6.18 Å². The van der Waals surface area contributed by atoms with Crippen LogP contribution < -0.4 is 0 Å². The van der Waals surface area contributed by atoms with Gasteiger partial charge in [0.05, 0.1) is 28.0 Å². The van der Waals surface area contributed by atoms with E-state index >= 15 is 0 Å². The molecule has 0 fully saturated rings. The maximum absolute atomic E-state index is 13.8. The summed E-state index contributed by atoms with van der Waals surface area (Å²) in [6, 6.07) is 16.6. The summed E-state index contributed by atoms with van der Waals surface area (Å²) in [4.78, 5) is 4.51. The SMILES string of the molecule is Cc1nn(-c2ccc(Cl)cc2)c2nc(-c3ccccc3)cc(C(F)(F)F)c12. The minimum Gasteiger partial charge on any atom is -0.228 e. The summed E-state index contributed by atoms with van der Waals surface area (Å²) < 4.78 is 42.7. The van der Waals surface area contributed by atoms with Crippen LogP contribution in [0.4, 0.5) is 13.2 Å². The number of benzene rings is 2. The normalized spacial score (nSPS) is 11.9. The zero-order valence-electron chi connectivity index (χ0n) is 14.1. The molecule has 136 valence electrons. The first kappa shape index (κ1) is 17.5. The van der Waals surface area contributed by atoms with Crippen molar-refractivity contribution < 1.29 is 13.2 Å². The van der Waals surface area contributed by atoms with Crippen molar-refractivity contribution in [1.29, 1.82) is 0 Å². The van der Waals surface area contributed by atoms with Crippen LogP contribution in [0.1, 0.15) is 11.3 Å². The van der Waals surface area contributed by atoms with E-state index in [0.717, 1.165) is 6.07 Å². The lowest BCUT2D eigenvalue weighted by Crippen LogP contribution is -2.08. The molecule has 7 heteroatoms. The van der Waals surface area contributed by atoms with Crippen molar-refractivity contribution in [3.05, 3.63) is 76.9 Å². The third kappa shape index (κ3) is 3.17. The van der Waals surface area contributed by atoms with Gasteiger partial charge in [-0.25, -0.2) is 9.67 Å². The molecule has 0 saturated carbocycles. The fourth-order valence-electron chi connectivity index (χ4n) is 3.03. The molecule has 0 unspecified atom stereocenters. The molecule has 0 aliphatic heterocycles. The highest BCUT2D eigenvalue weighted by Gasteiger charge is 2.35. The number of aryl methyl sites for hydroxylation is 1. The Kier molecular flexibility index (Phi) is 4.15. The molecule has 2 heterocycles. The molecular weight excluding hydrogens is 375 g/mol. The van der Waals surface area contributed by atoms with Crippen LogP contribution in [0, 0.1) is 6.92 Å². The predicted octanol–water partition coefficient (Wildman–Crippen LogP) is 6.07. The van der Waals surface area contributed by atoms with E-state index in [4.69, 9.17) is 11.6 Å². The van der Waals surface area contributed by atoms with Gasteiger partial charge in [0.1, 0.15) is 0 Å². The molecule has 3 nitrogen and oxygen atoms in total. The number of alkyl halides is 3. The van der Waals surface area contributed by atoms with Crippen LogP contribution in [0.2, 0.25) is 5.02 Å². The summed E-state index contributed by atoms with van der Waals surface area (Å²) in [5, 5.41) is 4.84. The van der Waals surface area contributed by atoms with E-state index in [2.05, 4.69) is 10.1 Å². The van der Waals surface area contributed by atoms with Gasteiger partial charge in [0, 0.05) is 10.6 Å². The third-order valence-electron chi connectivity index (χ3n) is 4.26. The number of halogens is 4. The van der Waals surface area contributed by atoms with Crippen LogP contribution >= 0.6 is 11.6 Å². The van der Waals surface area contributed by atoms with E-state index in [9.17, 15) is 13.2 Å². The van der Waals surface area contributed by atoms with Gasteiger partial charge in [-0.05, 0) is 37.3 Å². The Balaban J connectivity index is 2.06. The highest BCUT2D eigenvalue weighted by molar-refractivity contribution is 6.30. The Morgan fingerprint density at radius 1 is 0.963 bits per heavy atom. The number of rotatable bonds is 2. The molecule has 0 radical (unpaired) electrons. The third-order valence-corrected chi connectivity index (χ3v) is 4.51. The van der Waals surface area contributed by atoms with Crippen molar-refractivity contribution in [3.8, 4) is 16.9 Å². The van der Waals surface area contributed by atoms with Crippen LogP contribution in [0.25, 0.3) is 28.0 Å². The molecule has 4 aromatic rings. The zero-order valence-corrected chi connectivity index (χ0v) is 14.9. The Morgan fingerprint density at radius 3 is 2.26 bits per heavy atom. The first-order chi connectivity index (χ1) is 12.8. The van der Waals surface area contributed by atoms with E-state index in [1.54, 1.807) is 61.5 Å². The van der Waals surface area contributed by atoms with Gasteiger partial charge < -0.3 is 0 Å². The van der Waals surface area contributed by atoms with Gasteiger partial charge in [-0.3, -0.25) is 0 Å². The second-order valence-corrected chi connectivity index (χ2v) is 6.53. The standard InChI is InChI=1S/C20H13ClF3N3/c1-12-18-16(20(22,23)24)11-17(13-5-3-2-4-6-13)25-19(18)27(26-12)15-9-7-14(21)8-10-15/h2-11H,1H3. The Morgan fingerprint density at radius 2 is 1.63 bits per heavy atom. The second-order valence-electron chi connectivity index (χ2n) is 6.09. The summed E-state index contributed by atoms with van der Waals surface area (Å²) in [7, 11) is 0. The number of hydrogen-bond donors (Lipinski definition) is 0. The minimum atomic E-state index is -4.52. The predicted molar refractivity (Wildman–Crippen MR) is 99.1 cm³/mol. The maximum atomic E-state index is 13.8. The number of nitrogens with zero attached hydrogens (tertiary/aromatic N) is 3. The molecule has 27 heavy (non-hydrogen) atoms. The van der Waals surface area contributed by atoms with E-state index in [-0.39, 0.29) is 22.4 Å². The lowest BCUT2D eigenvalue weighted by molar-refractivity contribution is -0.136. The van der Waals surface area contributed by atoms with Gasteiger partial charge in [0.25, 0.3) is 0 Å². The molecule has 2 aromatic heterocycles. The summed E-state index contributed by atoms with van der Waals surface area (Å²) >= 11 is 5.92. The van der Waals surface area contributed by atoms with Gasteiger partial charge in [0.2, 0.25) is 0 Å². The monoisotopic (exact) mass is 387 g/mol. The molecule has 2 aromatic carbocycles. The minimum absolute atomic E-state index is 0.00266. The molecular formula is C20H13ClF3N3. The van der Waals surface area contributed by atoms with Gasteiger partial charge in [-0.2, -0.15) is 18.3 Å². The topological polar surface area (TPSA) is 30.7 Å². The van der Waals surface area contributed by atoms with Crippen molar-refractivity contribution in [2.45, 2.75) is 13.1 Å². The van der Waals surface area contributed by atoms with E-state index in [0.29, 0.717) is 16.3 Å². The molecule has 0 spiro atoms. The number of aromatic nitrogens is 3. The van der Waals surface area contributed by atoms with Crippen molar-refractivity contribution in [2.24, 2.45) is 0 Å². The summed E-state index contributed by atoms with van der Waals surface area (Å²) in [5.41, 5.74) is 1.10. The first-order valence-electron chi connectivity index (χ1n) is 8.13. The molecule has 0 atom stereocenters. The molecule has 0 amide bonds. The van der Waals surface area contributed by atoms with E-state index in [1.165, 1.54) is 4.68 Å². The van der Waals surface area contributed by atoms with Crippen molar-refractivity contribution in [3.63, 3.8) is 0 Å². The molecule has 4 rings (SSSR count). The average Bonchev–Trinajstić information content (AvgIpc) is 2.98. The van der Waals surface area contributed by atoms with Gasteiger partial charge in [0.15, 0.2) is 5.65 Å². The summed E-state index contributed by atoms with van der Waals surface area (Å²) in [6.45, 7) is 1.55. The maximum Gasteiger partial charge on any atom is 0.417 e. The van der Waals surface area contributed by atoms with Crippen LogP contribution in [0.15, 0.2) is 60.7 Å². The molecule has 0 aliphatic carbocycles. The highest BCUT2D eigenvalue weighted by Crippen LogP contribution is 2.38. The fourth-order valence-corrected chi connectivity index (χ4v) is 3.16. The first-order valence-corrected chi connectivity index (χ1v) is 8.51. The van der Waals surface area contributed by atoms with Crippen molar-refractivity contribution in [2.75, 3.05) is 0 Å². The van der Waals surface area contributed by atoms with Gasteiger partial charge >= 0.3 is 6.18 Å². The molecule has 0 N–H and O–H groups in total. The van der Waals surface area contributed by atoms with E-state index < -0.39 is 11.7 Å². The quantitative estimate of drug-likeness (QED) is 0.418. The lowest BCUT2D eigenvalue weighted by Gasteiger charge is -2.12. The van der Waals surface area contributed by atoms with Gasteiger partial charge in [-0.1, -0.05) is 41.9 Å². The number of hydrogen-bond acceptors (Lipinski definition) is 2. The van der Waals surface area contributed by atoms with Crippen LogP contribution in [0.5, 0.6) is 0 Å². The second kappa shape index (κ2) is 6.39. The fraction of sp³-hybridized carbons (Fsp3) is 0.100. The Hall–Kier alpha value is -2.86. The number of fused-ring (bicyclic) bond motifs is 1. The smallest absolute Gasteiger partial charge is 0.228 e. The summed E-state index contributed by atoms with van der Waals surface area (Å²) in [5.74, 6) is 0. The number of pyridine rings is 1. The Bertz CT molecular complexity index is 1120. The lowest BCUT2D eigenvalue weighted by atomic mass is 10.1. The van der Waals surface area contributed by atoms with Crippen LogP contribution in [-0.4, -0.2) is 14.8 Å². The summed E-state index contributed by atoms with van der Waals surface area (Å²) in [6.07, 6.45) is -4.52. The van der Waals surface area contributed by atoms with Gasteiger partial charge in [-0.15, -0.1) is 0 Å². The van der Waals surface area contributed by atoms with Crippen LogP contribution in [0.3, 0.4) is 0 Å². The molecule has 0 bridgehead atoms. The van der Waals surface area contributed by atoms with E-state index in [1.807, 2.05) is 0 Å². The Labute approximate surface area is 158 Å². The average molecular weight is 388 g/mol. The molecule has 0 aliphatic rings. The van der Waals surface area contributed by atoms with Crippen molar-refractivity contribution >= 4 is 22.6 Å². The molecule has 0 saturated heterocycles.